The van der Waals surface area contributed by atoms with E-state index in [0.717, 1.165) is 36.8 Å². The van der Waals surface area contributed by atoms with Crippen LogP contribution >= 0.6 is 0 Å². The third-order valence-electron chi connectivity index (χ3n) is 7.53. The van der Waals surface area contributed by atoms with Crippen LogP contribution in [-0.2, 0) is 26.3 Å². The predicted molar refractivity (Wildman–Crippen MR) is 123 cm³/mol. The Kier molecular flexibility index (Phi) is 5.87. The molecule has 1 unspecified atom stereocenters. The maximum absolute atomic E-state index is 13.5. The monoisotopic (exact) mass is 446 g/mol. The Morgan fingerprint density at radius 1 is 1.00 bits per heavy atom. The third kappa shape index (κ3) is 4.12. The van der Waals surface area contributed by atoms with Crippen molar-refractivity contribution in [1.29, 1.82) is 0 Å². The van der Waals surface area contributed by atoms with Gasteiger partial charge in [0.2, 0.25) is 17.7 Å². The molecule has 0 bridgehead atoms. The van der Waals surface area contributed by atoms with Crippen LogP contribution in [0.4, 0.5) is 0 Å². The zero-order valence-electron chi connectivity index (χ0n) is 18.8. The fourth-order valence-electron chi connectivity index (χ4n) is 5.58. The van der Waals surface area contributed by atoms with Crippen molar-refractivity contribution in [3.8, 4) is 0 Å². The summed E-state index contributed by atoms with van der Waals surface area (Å²) in [5.74, 6) is -0.228. The fourth-order valence-corrected chi connectivity index (χ4v) is 5.58. The molecule has 1 aromatic carbocycles. The van der Waals surface area contributed by atoms with Gasteiger partial charge in [-0.15, -0.1) is 0 Å². The molecule has 3 fully saturated rings. The first-order valence-electron chi connectivity index (χ1n) is 11.9. The summed E-state index contributed by atoms with van der Waals surface area (Å²) in [6.45, 7) is 1.98. The number of carbonyl (C=O) groups is 3. The molecule has 1 aliphatic carbocycles. The minimum Gasteiger partial charge on any atom is -0.352 e. The van der Waals surface area contributed by atoms with E-state index < -0.39 is 5.41 Å². The summed E-state index contributed by atoms with van der Waals surface area (Å²) in [5, 5.41) is 2.93. The van der Waals surface area contributed by atoms with Crippen LogP contribution in [0.5, 0.6) is 0 Å². The average molecular weight is 447 g/mol. The summed E-state index contributed by atoms with van der Waals surface area (Å²) in [6, 6.07) is 13.9. The van der Waals surface area contributed by atoms with Gasteiger partial charge in [0.05, 0.1) is 17.4 Å². The van der Waals surface area contributed by atoms with E-state index in [0.29, 0.717) is 26.2 Å². The molecule has 3 aliphatic rings. The highest BCUT2D eigenvalue weighted by Crippen LogP contribution is 2.43. The van der Waals surface area contributed by atoms with Gasteiger partial charge in [-0.05, 0) is 36.1 Å². The number of nitrogens with one attached hydrogen (secondary N) is 1. The van der Waals surface area contributed by atoms with Crippen LogP contribution < -0.4 is 5.32 Å². The van der Waals surface area contributed by atoms with Crippen molar-refractivity contribution in [2.45, 2.75) is 50.1 Å². The first-order valence-corrected chi connectivity index (χ1v) is 11.9. The van der Waals surface area contributed by atoms with Crippen LogP contribution in [0.2, 0.25) is 0 Å². The number of hydrogen-bond donors (Lipinski definition) is 1. The van der Waals surface area contributed by atoms with Crippen LogP contribution in [-0.4, -0.2) is 58.2 Å². The Hall–Kier alpha value is -3.22. The molecule has 2 aromatic rings. The van der Waals surface area contributed by atoms with E-state index in [4.69, 9.17) is 0 Å². The van der Waals surface area contributed by atoms with Crippen molar-refractivity contribution in [3.05, 3.63) is 66.0 Å². The molecule has 1 atom stereocenters. The Labute approximate surface area is 194 Å². The molecule has 5 rings (SSSR count). The van der Waals surface area contributed by atoms with Gasteiger partial charge in [0.25, 0.3) is 0 Å². The van der Waals surface area contributed by atoms with E-state index in [1.807, 2.05) is 40.1 Å². The zero-order chi connectivity index (χ0) is 22.8. The summed E-state index contributed by atoms with van der Waals surface area (Å²) in [4.78, 5) is 46.5. The second-order valence-electron chi connectivity index (χ2n) is 9.54. The summed E-state index contributed by atoms with van der Waals surface area (Å²) >= 11 is 0. The molecule has 7 heteroatoms. The number of nitrogens with zero attached hydrogens (tertiary/aromatic N) is 3. The Bertz CT molecular complexity index is 1010. The molecule has 1 aromatic heterocycles. The Morgan fingerprint density at radius 2 is 1.70 bits per heavy atom. The van der Waals surface area contributed by atoms with E-state index in [1.165, 1.54) is 0 Å². The molecule has 172 valence electrons. The molecule has 3 heterocycles. The smallest absolute Gasteiger partial charge is 0.233 e. The van der Waals surface area contributed by atoms with Crippen molar-refractivity contribution in [2.24, 2.45) is 5.92 Å². The van der Waals surface area contributed by atoms with Crippen LogP contribution in [0.1, 0.15) is 43.2 Å². The van der Waals surface area contributed by atoms with E-state index in [9.17, 15) is 14.4 Å². The highest BCUT2D eigenvalue weighted by molar-refractivity contribution is 5.91. The summed E-state index contributed by atoms with van der Waals surface area (Å²) < 4.78 is 0. The Balaban J connectivity index is 1.17. The number of hydrogen-bond acceptors (Lipinski definition) is 4. The lowest BCUT2D eigenvalue weighted by molar-refractivity contribution is -0.149. The standard InChI is InChI=1S/C26H30N4O3/c31-23-14-20(24(32)28-15-19-8-12-27-13-9-19)16-30(23)22-17-29(18-22)25(33)26(10-4-5-11-26)21-6-2-1-3-7-21/h1-3,6-9,12-13,20,22H,4-5,10-11,14-18H2,(H,28,32). The second kappa shape index (κ2) is 8.96. The minimum atomic E-state index is -0.420. The lowest BCUT2D eigenvalue weighted by Crippen LogP contribution is -2.64. The van der Waals surface area contributed by atoms with E-state index in [1.54, 1.807) is 12.4 Å². The molecule has 33 heavy (non-hydrogen) atoms. The molecule has 2 aliphatic heterocycles. The molecule has 1 saturated carbocycles. The number of benzene rings is 1. The number of likely N-dealkylation sites (tertiary alicyclic amines) is 2. The molecular formula is C26H30N4O3. The molecule has 0 spiro atoms. The van der Waals surface area contributed by atoms with Crippen LogP contribution in [0.3, 0.4) is 0 Å². The molecule has 1 N–H and O–H groups in total. The van der Waals surface area contributed by atoms with Crippen LogP contribution in [0, 0.1) is 5.92 Å². The molecule has 2 saturated heterocycles. The summed E-state index contributed by atoms with van der Waals surface area (Å²) in [6.07, 6.45) is 7.54. The number of rotatable bonds is 6. The zero-order valence-corrected chi connectivity index (χ0v) is 18.8. The normalized spacial score (nSPS) is 22.3. The lowest BCUT2D eigenvalue weighted by Gasteiger charge is -2.47. The number of amides is 3. The number of pyridine rings is 1. The van der Waals surface area contributed by atoms with Gasteiger partial charge in [-0.3, -0.25) is 19.4 Å². The molecule has 0 radical (unpaired) electrons. The quantitative estimate of drug-likeness (QED) is 0.738. The summed E-state index contributed by atoms with van der Waals surface area (Å²) in [7, 11) is 0. The van der Waals surface area contributed by atoms with Gasteiger partial charge in [-0.1, -0.05) is 43.2 Å². The van der Waals surface area contributed by atoms with Crippen LogP contribution in [0.15, 0.2) is 54.9 Å². The fraction of sp³-hybridized carbons (Fsp3) is 0.462. The largest absolute Gasteiger partial charge is 0.352 e. The first-order chi connectivity index (χ1) is 16.1. The van der Waals surface area contributed by atoms with Gasteiger partial charge in [0.15, 0.2) is 0 Å². The number of carbonyl (C=O) groups excluding carboxylic acids is 3. The van der Waals surface area contributed by atoms with Gasteiger partial charge < -0.3 is 15.1 Å². The van der Waals surface area contributed by atoms with Crippen molar-refractivity contribution in [2.75, 3.05) is 19.6 Å². The van der Waals surface area contributed by atoms with Gasteiger partial charge in [0, 0.05) is 45.0 Å². The van der Waals surface area contributed by atoms with Gasteiger partial charge in [0.1, 0.15) is 0 Å². The van der Waals surface area contributed by atoms with Crippen molar-refractivity contribution in [3.63, 3.8) is 0 Å². The van der Waals surface area contributed by atoms with E-state index in [2.05, 4.69) is 22.4 Å². The lowest BCUT2D eigenvalue weighted by atomic mass is 9.76. The molecule has 3 amide bonds. The summed E-state index contributed by atoms with van der Waals surface area (Å²) in [5.41, 5.74) is 1.67. The highest BCUT2D eigenvalue weighted by atomic mass is 16.2. The average Bonchev–Trinajstić information content (AvgIpc) is 3.46. The SMILES string of the molecule is O=C(NCc1ccncc1)C1CC(=O)N(C2CN(C(=O)C3(c4ccccc4)CCCC3)C2)C1. The van der Waals surface area contributed by atoms with Gasteiger partial charge >= 0.3 is 0 Å². The maximum Gasteiger partial charge on any atom is 0.233 e. The topological polar surface area (TPSA) is 82.6 Å². The van der Waals surface area contributed by atoms with Crippen LogP contribution in [0.25, 0.3) is 0 Å². The van der Waals surface area contributed by atoms with Gasteiger partial charge in [-0.2, -0.15) is 0 Å². The third-order valence-corrected chi connectivity index (χ3v) is 7.53. The highest BCUT2D eigenvalue weighted by Gasteiger charge is 2.50. The minimum absolute atomic E-state index is 0.00803. The van der Waals surface area contributed by atoms with E-state index >= 15 is 0 Å². The van der Waals surface area contributed by atoms with Gasteiger partial charge in [-0.25, -0.2) is 0 Å². The number of aromatic nitrogens is 1. The first kappa shape index (κ1) is 21.6. The Morgan fingerprint density at radius 3 is 2.39 bits per heavy atom. The van der Waals surface area contributed by atoms with E-state index in [-0.39, 0.29) is 36.1 Å². The second-order valence-corrected chi connectivity index (χ2v) is 9.54. The predicted octanol–water partition coefficient (Wildman–Crippen LogP) is 2.27. The van der Waals surface area contributed by atoms with Crippen molar-refractivity contribution in [1.82, 2.24) is 20.1 Å². The van der Waals surface area contributed by atoms with Crippen molar-refractivity contribution >= 4 is 17.7 Å². The molecular weight excluding hydrogens is 416 g/mol. The maximum atomic E-state index is 13.5. The van der Waals surface area contributed by atoms with Crippen molar-refractivity contribution < 1.29 is 14.4 Å². The molecule has 7 nitrogen and oxygen atoms in total.